The van der Waals surface area contributed by atoms with Gasteiger partial charge in [0.1, 0.15) is 11.2 Å². The van der Waals surface area contributed by atoms with Gasteiger partial charge in [-0.05, 0) is 86.0 Å². The molecule has 0 amide bonds. The van der Waals surface area contributed by atoms with Crippen LogP contribution in [0.3, 0.4) is 0 Å². The van der Waals surface area contributed by atoms with Gasteiger partial charge in [-0.15, -0.1) is 0 Å². The van der Waals surface area contributed by atoms with Gasteiger partial charge in [0.05, 0.1) is 11.0 Å². The highest BCUT2D eigenvalue weighted by atomic mass is 32.2. The summed E-state index contributed by atoms with van der Waals surface area (Å²) in [6, 6.07) is 75.6. The second-order valence-corrected chi connectivity index (χ2v) is 17.3. The number of hydrogen-bond acceptors (Lipinski definition) is 5. The number of para-hydroxylation sites is 2. The zero-order valence-corrected chi connectivity index (χ0v) is 34.7. The minimum Gasteiger partial charge on any atom is -0.455 e. The first-order valence-corrected chi connectivity index (χ1v) is 22.1. The van der Waals surface area contributed by atoms with Crippen LogP contribution in [0.5, 0.6) is 0 Å². The van der Waals surface area contributed by atoms with Gasteiger partial charge in [-0.1, -0.05) is 194 Å². The van der Waals surface area contributed by atoms with E-state index in [1.165, 1.54) is 54.3 Å². The minimum absolute atomic E-state index is 0.468. The van der Waals surface area contributed by atoms with Crippen molar-refractivity contribution in [3.05, 3.63) is 235 Å². The van der Waals surface area contributed by atoms with Crippen molar-refractivity contribution in [1.29, 1.82) is 0 Å². The van der Waals surface area contributed by atoms with Gasteiger partial charge in [-0.25, -0.2) is 15.0 Å². The molecule has 0 bridgehead atoms. The van der Waals surface area contributed by atoms with E-state index in [0.717, 1.165) is 49.8 Å². The molecule has 0 saturated heterocycles. The van der Waals surface area contributed by atoms with E-state index in [9.17, 15) is 0 Å². The van der Waals surface area contributed by atoms with Crippen molar-refractivity contribution in [2.24, 2.45) is 0 Å². The third-order valence-electron chi connectivity index (χ3n) is 12.9. The summed E-state index contributed by atoms with van der Waals surface area (Å²) in [7, 11) is 0. The Balaban J connectivity index is 1.03. The fraction of sp³-hybridized carbons (Fsp3) is 0.0172. The summed E-state index contributed by atoms with van der Waals surface area (Å²) in [5, 5.41) is 2.08. The number of furan rings is 1. The normalized spacial score (nSPS) is 13.1. The zero-order chi connectivity index (χ0) is 41.5. The highest BCUT2D eigenvalue weighted by Gasteiger charge is 2.50. The topological polar surface area (TPSA) is 51.8 Å². The van der Waals surface area contributed by atoms with E-state index >= 15 is 0 Å². The molecule has 0 fully saturated rings. The maximum absolute atomic E-state index is 6.59. The Labute approximate surface area is 368 Å². The van der Waals surface area contributed by atoms with E-state index in [-0.39, 0.29) is 0 Å². The molecule has 1 spiro atoms. The molecule has 13 rings (SSSR count). The lowest BCUT2D eigenvalue weighted by molar-refractivity contribution is 0.669. The average molecular weight is 822 g/mol. The van der Waals surface area contributed by atoms with Crippen molar-refractivity contribution in [1.82, 2.24) is 15.0 Å². The van der Waals surface area contributed by atoms with Crippen LogP contribution in [0, 0.1) is 0 Å². The van der Waals surface area contributed by atoms with Crippen LogP contribution in [0.1, 0.15) is 22.3 Å². The molecule has 1 aliphatic heterocycles. The van der Waals surface area contributed by atoms with Gasteiger partial charge in [0.25, 0.3) is 0 Å². The average Bonchev–Trinajstić information content (AvgIpc) is 3.88. The molecule has 5 heteroatoms. The van der Waals surface area contributed by atoms with Crippen molar-refractivity contribution in [3.8, 4) is 67.5 Å². The first-order chi connectivity index (χ1) is 31.2. The molecule has 2 aromatic heterocycles. The van der Waals surface area contributed by atoms with E-state index < -0.39 is 5.41 Å². The number of fused-ring (bicyclic) bond motifs is 12. The summed E-state index contributed by atoms with van der Waals surface area (Å²) in [4.78, 5) is 18.6. The Hall–Kier alpha value is -7.86. The van der Waals surface area contributed by atoms with E-state index in [1.54, 1.807) is 0 Å². The Kier molecular flexibility index (Phi) is 8.02. The van der Waals surface area contributed by atoms with Gasteiger partial charge in [-0.2, -0.15) is 0 Å². The summed E-state index contributed by atoms with van der Waals surface area (Å²) in [6.07, 6.45) is 0. The quantitative estimate of drug-likeness (QED) is 0.173. The number of hydrogen-bond donors (Lipinski definition) is 0. The Morgan fingerprint density at radius 1 is 0.333 bits per heavy atom. The fourth-order valence-corrected chi connectivity index (χ4v) is 11.3. The summed E-state index contributed by atoms with van der Waals surface area (Å²) in [6.45, 7) is 0. The Bertz CT molecular complexity index is 3570. The van der Waals surface area contributed by atoms with Crippen molar-refractivity contribution in [3.63, 3.8) is 0 Å². The molecule has 0 unspecified atom stereocenters. The SMILES string of the molecule is c1ccc(-c2ccc(-c3ccccc3-c3nc(-c4ccc5c(c4)-c4ccccc4C54c5ccccc5Sc5ccccc54)nc(-c4cccc5c4oc4ccccc45)n3)cc2)cc1. The van der Waals surface area contributed by atoms with Crippen molar-refractivity contribution in [2.75, 3.05) is 0 Å². The van der Waals surface area contributed by atoms with Crippen LogP contribution in [-0.2, 0) is 5.41 Å². The minimum atomic E-state index is -0.468. The van der Waals surface area contributed by atoms with Crippen LogP contribution in [0.15, 0.2) is 227 Å². The van der Waals surface area contributed by atoms with Crippen LogP contribution in [0.25, 0.3) is 89.5 Å². The highest BCUT2D eigenvalue weighted by molar-refractivity contribution is 7.99. The van der Waals surface area contributed by atoms with E-state index in [4.69, 9.17) is 19.4 Å². The van der Waals surface area contributed by atoms with Crippen LogP contribution < -0.4 is 0 Å². The second-order valence-electron chi connectivity index (χ2n) is 16.2. The number of rotatable bonds is 5. The fourth-order valence-electron chi connectivity index (χ4n) is 10.1. The lowest BCUT2D eigenvalue weighted by Crippen LogP contribution is -2.31. The van der Waals surface area contributed by atoms with Crippen molar-refractivity contribution in [2.45, 2.75) is 15.2 Å². The predicted octanol–water partition coefficient (Wildman–Crippen LogP) is 14.9. The monoisotopic (exact) mass is 821 g/mol. The van der Waals surface area contributed by atoms with Crippen molar-refractivity contribution >= 4 is 33.7 Å². The zero-order valence-electron chi connectivity index (χ0n) is 33.9. The standard InChI is InChI=1S/C58H35N3OS/c1-2-15-36(16-3-1)37-29-31-38(32-30-37)40-17-4-5-20-44(40)56-59-55(60-57(61-56)45-22-14-21-43-42-19-7-11-26-51(42)62-54(43)45)39-33-34-48-46(35-39)41-18-6-8-23-47(41)58(48)49-24-9-12-27-52(49)63-53-28-13-10-25-50(53)58/h1-35H. The van der Waals surface area contributed by atoms with Gasteiger partial charge >= 0.3 is 0 Å². The molecule has 11 aromatic rings. The smallest absolute Gasteiger partial charge is 0.167 e. The molecule has 2 aliphatic rings. The molecule has 3 heterocycles. The summed E-state index contributed by atoms with van der Waals surface area (Å²) in [5.74, 6) is 1.74. The summed E-state index contributed by atoms with van der Waals surface area (Å²) >= 11 is 1.86. The molecule has 9 aromatic carbocycles. The van der Waals surface area contributed by atoms with Gasteiger partial charge in [0.2, 0.25) is 0 Å². The molecule has 0 atom stereocenters. The van der Waals surface area contributed by atoms with E-state index in [1.807, 2.05) is 36.0 Å². The molecule has 63 heavy (non-hydrogen) atoms. The summed E-state index contributed by atoms with van der Waals surface area (Å²) < 4.78 is 6.59. The Morgan fingerprint density at radius 3 is 1.63 bits per heavy atom. The second kappa shape index (κ2) is 14.1. The molecular weight excluding hydrogens is 787 g/mol. The summed E-state index contributed by atoms with van der Waals surface area (Å²) in [5.41, 5.74) is 15.8. The number of benzene rings is 9. The third-order valence-corrected chi connectivity index (χ3v) is 14.0. The first-order valence-electron chi connectivity index (χ1n) is 21.3. The van der Waals surface area contributed by atoms with Crippen LogP contribution in [0.4, 0.5) is 0 Å². The predicted molar refractivity (Wildman–Crippen MR) is 256 cm³/mol. The van der Waals surface area contributed by atoms with E-state index in [2.05, 4.69) is 188 Å². The Morgan fingerprint density at radius 2 is 0.857 bits per heavy atom. The molecule has 0 radical (unpaired) electrons. The lowest BCUT2D eigenvalue weighted by atomic mass is 9.67. The van der Waals surface area contributed by atoms with E-state index in [0.29, 0.717) is 17.5 Å². The molecule has 4 nitrogen and oxygen atoms in total. The van der Waals surface area contributed by atoms with Gasteiger partial charge in [-0.3, -0.25) is 0 Å². The maximum Gasteiger partial charge on any atom is 0.167 e. The molecule has 294 valence electrons. The van der Waals surface area contributed by atoms with Gasteiger partial charge in [0, 0.05) is 31.7 Å². The van der Waals surface area contributed by atoms with Gasteiger partial charge in [0.15, 0.2) is 17.5 Å². The number of nitrogens with zero attached hydrogens (tertiary/aromatic N) is 3. The molecular formula is C58H35N3OS. The van der Waals surface area contributed by atoms with Gasteiger partial charge < -0.3 is 4.42 Å². The van der Waals surface area contributed by atoms with Crippen LogP contribution in [0.2, 0.25) is 0 Å². The third kappa shape index (κ3) is 5.46. The van der Waals surface area contributed by atoms with Crippen molar-refractivity contribution < 1.29 is 4.42 Å². The molecule has 0 N–H and O–H groups in total. The largest absolute Gasteiger partial charge is 0.455 e. The lowest BCUT2D eigenvalue weighted by Gasteiger charge is -2.39. The van der Waals surface area contributed by atoms with Crippen LogP contribution in [-0.4, -0.2) is 15.0 Å². The maximum atomic E-state index is 6.59. The number of aromatic nitrogens is 3. The van der Waals surface area contributed by atoms with Crippen LogP contribution >= 0.6 is 11.8 Å². The highest BCUT2D eigenvalue weighted by Crippen LogP contribution is 2.62. The molecule has 0 saturated carbocycles. The first kappa shape index (κ1) is 35.9. The molecule has 1 aliphatic carbocycles.